The molecule has 0 bridgehead atoms. The summed E-state index contributed by atoms with van der Waals surface area (Å²) in [5.41, 5.74) is 2.13. The van der Waals surface area contributed by atoms with Gasteiger partial charge in [-0.25, -0.2) is 13.2 Å². The summed E-state index contributed by atoms with van der Waals surface area (Å²) in [6, 6.07) is 33.8. The molecule has 0 unspecified atom stereocenters. The van der Waals surface area contributed by atoms with E-state index in [0.717, 1.165) is 33.2 Å². The molecule has 0 fully saturated rings. The van der Waals surface area contributed by atoms with E-state index in [2.05, 4.69) is 0 Å². The average Bonchev–Trinajstić information content (AvgIpc) is 3.04. The van der Waals surface area contributed by atoms with Crippen LogP contribution in [0.5, 0.6) is 23.0 Å². The number of sulfone groups is 1. The third-order valence-electron chi connectivity index (χ3n) is 7.23. The molecule has 0 radical (unpaired) electrons. The molecule has 0 aliphatic carbocycles. The van der Waals surface area contributed by atoms with E-state index in [4.69, 9.17) is 18.9 Å². The third kappa shape index (κ3) is 9.04. The molecule has 9 heteroatoms. The van der Waals surface area contributed by atoms with Gasteiger partial charge >= 0.3 is 6.09 Å². The van der Waals surface area contributed by atoms with Crippen molar-refractivity contribution >= 4 is 26.7 Å². The summed E-state index contributed by atoms with van der Waals surface area (Å²) in [5, 5.41) is 1.79. The summed E-state index contributed by atoms with van der Waals surface area (Å²) in [6.45, 7) is 6.59. The highest BCUT2D eigenvalue weighted by atomic mass is 32.2. The fraction of sp³-hybridized carbons (Fsp3) is 0.237. The minimum atomic E-state index is -3.34. The van der Waals surface area contributed by atoms with E-state index >= 15 is 0 Å². The Morgan fingerprint density at radius 2 is 1.43 bits per heavy atom. The van der Waals surface area contributed by atoms with Gasteiger partial charge < -0.3 is 23.8 Å². The highest BCUT2D eigenvalue weighted by Crippen LogP contribution is 2.41. The molecule has 0 saturated carbocycles. The molecule has 0 aliphatic heterocycles. The predicted molar refractivity (Wildman–Crippen MR) is 184 cm³/mol. The lowest BCUT2D eigenvalue weighted by atomic mass is 9.99. The Morgan fingerprint density at radius 1 is 0.766 bits per heavy atom. The van der Waals surface area contributed by atoms with E-state index in [-0.39, 0.29) is 4.90 Å². The highest BCUT2D eigenvalue weighted by Gasteiger charge is 2.19. The average molecular weight is 654 g/mol. The molecule has 0 N–H and O–H groups in total. The van der Waals surface area contributed by atoms with Gasteiger partial charge in [-0.1, -0.05) is 48.5 Å². The molecule has 0 spiro atoms. The second kappa shape index (κ2) is 14.2. The SMILES string of the molecule is CN(CCOc1ccc(Oc2c(-c3ccc(S(C)(=O)=O)cc3)ccc3cc(OCc4ccccc4)ccc23)cc1)C(=O)OC(C)(C)C. The summed E-state index contributed by atoms with van der Waals surface area (Å²) in [4.78, 5) is 13.9. The normalized spacial score (nSPS) is 11.6. The number of hydrogen-bond acceptors (Lipinski definition) is 7. The molecule has 0 heterocycles. The van der Waals surface area contributed by atoms with Crippen molar-refractivity contribution in [3.05, 3.63) is 115 Å². The topological polar surface area (TPSA) is 91.4 Å². The quantitative estimate of drug-likeness (QED) is 0.141. The monoisotopic (exact) mass is 653 g/mol. The largest absolute Gasteiger partial charge is 0.492 e. The predicted octanol–water partition coefficient (Wildman–Crippen LogP) is 8.53. The minimum Gasteiger partial charge on any atom is -0.492 e. The van der Waals surface area contributed by atoms with Crippen LogP contribution in [-0.2, 0) is 21.2 Å². The summed E-state index contributed by atoms with van der Waals surface area (Å²) in [7, 11) is -1.67. The first kappa shape index (κ1) is 33.3. The first-order valence-electron chi connectivity index (χ1n) is 15.2. The van der Waals surface area contributed by atoms with Crippen molar-refractivity contribution in [3.8, 4) is 34.1 Å². The van der Waals surface area contributed by atoms with E-state index in [9.17, 15) is 13.2 Å². The van der Waals surface area contributed by atoms with Gasteiger partial charge in [-0.3, -0.25) is 0 Å². The lowest BCUT2D eigenvalue weighted by molar-refractivity contribution is 0.0278. The van der Waals surface area contributed by atoms with E-state index in [0.29, 0.717) is 37.0 Å². The molecule has 0 atom stereocenters. The fourth-order valence-electron chi connectivity index (χ4n) is 4.78. The molecule has 0 saturated heterocycles. The van der Waals surface area contributed by atoms with E-state index in [1.54, 1.807) is 31.3 Å². The number of benzene rings is 5. The van der Waals surface area contributed by atoms with E-state index in [1.807, 2.05) is 106 Å². The molecular weight excluding hydrogens is 614 g/mol. The first-order chi connectivity index (χ1) is 22.4. The van der Waals surface area contributed by atoms with Crippen LogP contribution in [0.1, 0.15) is 26.3 Å². The molecule has 1 amide bonds. The maximum atomic E-state index is 12.2. The molecule has 47 heavy (non-hydrogen) atoms. The summed E-state index contributed by atoms with van der Waals surface area (Å²) < 4.78 is 48.0. The molecule has 5 aromatic carbocycles. The van der Waals surface area contributed by atoms with Crippen LogP contribution in [0.3, 0.4) is 0 Å². The van der Waals surface area contributed by atoms with Gasteiger partial charge in [0.15, 0.2) is 9.84 Å². The summed E-state index contributed by atoms with van der Waals surface area (Å²) in [5.74, 6) is 2.58. The number of rotatable bonds is 11. The second-order valence-electron chi connectivity index (χ2n) is 12.2. The number of ether oxygens (including phenoxy) is 4. The first-order valence-corrected chi connectivity index (χ1v) is 17.1. The Bertz CT molecular complexity index is 1930. The Hall–Kier alpha value is -5.02. The van der Waals surface area contributed by atoms with Crippen LogP contribution in [0.4, 0.5) is 4.79 Å². The maximum Gasteiger partial charge on any atom is 0.410 e. The molecule has 5 aromatic rings. The summed E-state index contributed by atoms with van der Waals surface area (Å²) >= 11 is 0. The lowest BCUT2D eigenvalue weighted by Crippen LogP contribution is -2.36. The Balaban J connectivity index is 1.37. The molecule has 5 rings (SSSR count). The van der Waals surface area contributed by atoms with Crippen LogP contribution in [0.25, 0.3) is 21.9 Å². The van der Waals surface area contributed by atoms with Crippen molar-refractivity contribution in [2.24, 2.45) is 0 Å². The van der Waals surface area contributed by atoms with Crippen LogP contribution >= 0.6 is 0 Å². The fourth-order valence-corrected chi connectivity index (χ4v) is 5.41. The Kier molecular flexibility index (Phi) is 10.1. The van der Waals surface area contributed by atoms with Crippen LogP contribution in [0.15, 0.2) is 114 Å². The standard InChI is InChI=1S/C38H39NO7S/c1-38(2,3)46-37(40)39(4)23-24-43-30-14-16-31(17-15-30)45-36-34(28-11-19-33(20-12-28)47(5,41)42)21-13-29-25-32(18-22-35(29)36)44-26-27-9-7-6-8-10-27/h6-22,25H,23-24,26H2,1-5H3. The highest BCUT2D eigenvalue weighted by molar-refractivity contribution is 7.90. The van der Waals surface area contributed by atoms with Crippen molar-refractivity contribution in [2.75, 3.05) is 26.5 Å². The van der Waals surface area contributed by atoms with Gasteiger partial charge in [-0.15, -0.1) is 0 Å². The number of amides is 1. The number of nitrogens with zero attached hydrogens (tertiary/aromatic N) is 1. The van der Waals surface area contributed by atoms with E-state index < -0.39 is 21.5 Å². The third-order valence-corrected chi connectivity index (χ3v) is 8.36. The zero-order valence-corrected chi connectivity index (χ0v) is 28.0. The van der Waals surface area contributed by atoms with Crippen LogP contribution < -0.4 is 14.2 Å². The van der Waals surface area contributed by atoms with Gasteiger partial charge in [0.05, 0.1) is 11.4 Å². The minimum absolute atomic E-state index is 0.248. The molecule has 8 nitrogen and oxygen atoms in total. The smallest absolute Gasteiger partial charge is 0.410 e. The van der Waals surface area contributed by atoms with Gasteiger partial charge in [0.1, 0.15) is 41.8 Å². The van der Waals surface area contributed by atoms with Gasteiger partial charge in [0, 0.05) is 24.3 Å². The Morgan fingerprint density at radius 3 is 2.09 bits per heavy atom. The van der Waals surface area contributed by atoms with Gasteiger partial charge in [0.2, 0.25) is 0 Å². The van der Waals surface area contributed by atoms with Crippen LogP contribution in [-0.4, -0.2) is 51.5 Å². The van der Waals surface area contributed by atoms with Crippen molar-refractivity contribution in [3.63, 3.8) is 0 Å². The number of hydrogen-bond donors (Lipinski definition) is 0. The lowest BCUT2D eigenvalue weighted by Gasteiger charge is -2.24. The molecule has 244 valence electrons. The van der Waals surface area contributed by atoms with Gasteiger partial charge in [-0.05, 0) is 97.9 Å². The van der Waals surface area contributed by atoms with Gasteiger partial charge in [0.25, 0.3) is 0 Å². The molecular formula is C38H39NO7S. The number of carbonyl (C=O) groups is 1. The zero-order chi connectivity index (χ0) is 33.6. The van der Waals surface area contributed by atoms with E-state index in [1.165, 1.54) is 11.2 Å². The van der Waals surface area contributed by atoms with Crippen molar-refractivity contribution < 1.29 is 32.2 Å². The second-order valence-corrected chi connectivity index (χ2v) is 14.2. The van der Waals surface area contributed by atoms with Crippen LogP contribution in [0.2, 0.25) is 0 Å². The van der Waals surface area contributed by atoms with Gasteiger partial charge in [-0.2, -0.15) is 0 Å². The van der Waals surface area contributed by atoms with Crippen LogP contribution in [0, 0.1) is 0 Å². The molecule has 0 aromatic heterocycles. The number of fused-ring (bicyclic) bond motifs is 1. The molecule has 0 aliphatic rings. The number of likely N-dealkylation sites (N-methyl/N-ethyl adjacent to an activating group) is 1. The van der Waals surface area contributed by atoms with Crippen molar-refractivity contribution in [2.45, 2.75) is 37.9 Å². The maximum absolute atomic E-state index is 12.2. The zero-order valence-electron chi connectivity index (χ0n) is 27.2. The van der Waals surface area contributed by atoms with Crippen molar-refractivity contribution in [1.29, 1.82) is 0 Å². The van der Waals surface area contributed by atoms with Crippen molar-refractivity contribution in [1.82, 2.24) is 4.90 Å². The number of carbonyl (C=O) groups excluding carboxylic acids is 1. The Labute approximate surface area is 276 Å². The summed E-state index contributed by atoms with van der Waals surface area (Å²) in [6.07, 6.45) is 0.785.